The zero-order valence-electron chi connectivity index (χ0n) is 14.6. The number of nitrogens with zero attached hydrogens (tertiary/aromatic N) is 5. The summed E-state index contributed by atoms with van der Waals surface area (Å²) < 4.78 is 16.1. The highest BCUT2D eigenvalue weighted by molar-refractivity contribution is 6.31. The highest BCUT2D eigenvalue weighted by atomic mass is 35.5. The fourth-order valence-electron chi connectivity index (χ4n) is 3.70. The zero-order chi connectivity index (χ0) is 19.4. The van der Waals surface area contributed by atoms with Crippen LogP contribution < -0.4 is 5.32 Å². The number of nitrogens with one attached hydrogen (secondary N) is 2. The van der Waals surface area contributed by atoms with Crippen LogP contribution in [0.15, 0.2) is 30.9 Å². The number of halogens is 2. The van der Waals surface area contributed by atoms with Crippen LogP contribution in [0.5, 0.6) is 0 Å². The first-order valence-electron chi connectivity index (χ1n) is 8.52. The van der Waals surface area contributed by atoms with Gasteiger partial charge in [0.2, 0.25) is 5.91 Å². The van der Waals surface area contributed by atoms with E-state index in [1.807, 2.05) is 0 Å². The van der Waals surface area contributed by atoms with Crippen molar-refractivity contribution in [1.29, 1.82) is 0 Å². The molecule has 4 heterocycles. The van der Waals surface area contributed by atoms with Crippen LogP contribution in [-0.4, -0.2) is 35.6 Å². The molecule has 0 spiro atoms. The zero-order valence-corrected chi connectivity index (χ0v) is 15.3. The monoisotopic (exact) mass is 397 g/mol. The second-order valence-electron chi connectivity index (χ2n) is 6.50. The molecule has 2 N–H and O–H groups in total. The topological polar surface area (TPSA) is 101 Å². The number of carbonyl (C=O) groups is 1. The molecule has 0 bridgehead atoms. The predicted molar refractivity (Wildman–Crippen MR) is 100 cm³/mol. The lowest BCUT2D eigenvalue weighted by molar-refractivity contribution is -0.116. The number of aryl methyl sites for hydroxylation is 1. The predicted octanol–water partition coefficient (Wildman–Crippen LogP) is 3.11. The minimum Gasteiger partial charge on any atom is -0.340 e. The Kier molecular flexibility index (Phi) is 3.66. The number of hydrogen-bond acceptors (Lipinski definition) is 5. The summed E-state index contributed by atoms with van der Waals surface area (Å²) in [5, 5.41) is 7.68. The number of H-pyrrole nitrogens is 1. The number of carbonyl (C=O) groups excluding carboxylic acids is 1. The number of benzene rings is 1. The van der Waals surface area contributed by atoms with Crippen molar-refractivity contribution in [1.82, 2.24) is 29.7 Å². The van der Waals surface area contributed by atoms with Crippen molar-refractivity contribution in [3.05, 3.63) is 58.5 Å². The average molecular weight is 398 g/mol. The third-order valence-corrected chi connectivity index (χ3v) is 5.18. The van der Waals surface area contributed by atoms with Gasteiger partial charge in [0.05, 0.1) is 12.0 Å². The van der Waals surface area contributed by atoms with Crippen molar-refractivity contribution in [2.24, 2.45) is 0 Å². The average Bonchev–Trinajstić information content (AvgIpc) is 3.26. The first-order valence-corrected chi connectivity index (χ1v) is 8.90. The van der Waals surface area contributed by atoms with Gasteiger partial charge >= 0.3 is 0 Å². The molecular formula is C18H13ClFN7O. The van der Waals surface area contributed by atoms with Gasteiger partial charge in [-0.2, -0.15) is 9.78 Å². The Morgan fingerprint density at radius 1 is 1.25 bits per heavy atom. The van der Waals surface area contributed by atoms with Crippen molar-refractivity contribution in [3.63, 3.8) is 0 Å². The lowest BCUT2D eigenvalue weighted by Gasteiger charge is -2.25. The lowest BCUT2D eigenvalue weighted by atomic mass is 9.85. The van der Waals surface area contributed by atoms with Crippen LogP contribution in [0, 0.1) is 12.7 Å². The van der Waals surface area contributed by atoms with Gasteiger partial charge in [0, 0.05) is 28.5 Å². The van der Waals surface area contributed by atoms with Gasteiger partial charge in [-0.15, -0.1) is 0 Å². The van der Waals surface area contributed by atoms with Crippen molar-refractivity contribution < 1.29 is 9.18 Å². The van der Waals surface area contributed by atoms with Crippen molar-refractivity contribution in [3.8, 4) is 5.82 Å². The first-order chi connectivity index (χ1) is 13.5. The molecule has 10 heteroatoms. The van der Waals surface area contributed by atoms with Crippen LogP contribution in [0.4, 0.5) is 10.2 Å². The van der Waals surface area contributed by atoms with Crippen molar-refractivity contribution >= 4 is 34.5 Å². The minimum atomic E-state index is -0.551. The van der Waals surface area contributed by atoms with E-state index in [1.165, 1.54) is 29.5 Å². The SMILES string of the molecule is Cc1nn(-c2ncnc3nc[nH]c23)c2c1C(c1c(F)cccc1Cl)CC(=O)N2. The molecule has 1 aliphatic heterocycles. The summed E-state index contributed by atoms with van der Waals surface area (Å²) in [6.07, 6.45) is 2.95. The molecule has 1 unspecified atom stereocenters. The third-order valence-electron chi connectivity index (χ3n) is 4.85. The molecule has 0 radical (unpaired) electrons. The van der Waals surface area contributed by atoms with Gasteiger partial charge in [0.25, 0.3) is 0 Å². The molecule has 1 amide bonds. The second-order valence-corrected chi connectivity index (χ2v) is 6.91. The van der Waals surface area contributed by atoms with E-state index in [1.54, 1.807) is 13.0 Å². The summed E-state index contributed by atoms with van der Waals surface area (Å²) in [7, 11) is 0. The highest BCUT2D eigenvalue weighted by Gasteiger charge is 2.35. The number of anilines is 1. The van der Waals surface area contributed by atoms with Crippen LogP contribution in [0.25, 0.3) is 17.0 Å². The van der Waals surface area contributed by atoms with E-state index in [9.17, 15) is 9.18 Å². The molecule has 8 nitrogen and oxygen atoms in total. The Hall–Kier alpha value is -3.33. The standard InChI is InChI=1S/C18H13ClFN7O/c1-8-13-9(14-10(19)3-2-4-11(14)20)5-12(28)25-17(13)27(26-8)18-15-16(22-6-21-15)23-7-24-18/h2-4,6-7,9H,5H2,1H3,(H,25,28)(H,21,22,23,24). The molecule has 0 saturated heterocycles. The number of rotatable bonds is 2. The number of aromatic amines is 1. The molecule has 4 aromatic rings. The smallest absolute Gasteiger partial charge is 0.226 e. The molecule has 140 valence electrons. The third kappa shape index (κ3) is 2.40. The van der Waals surface area contributed by atoms with E-state index in [-0.39, 0.29) is 22.9 Å². The largest absolute Gasteiger partial charge is 0.340 e. The molecule has 28 heavy (non-hydrogen) atoms. The molecule has 0 aliphatic carbocycles. The second kappa shape index (κ2) is 6.10. The Morgan fingerprint density at radius 3 is 2.93 bits per heavy atom. The van der Waals surface area contributed by atoms with Gasteiger partial charge in [0.15, 0.2) is 11.5 Å². The minimum absolute atomic E-state index is 0.0728. The van der Waals surface area contributed by atoms with Crippen molar-refractivity contribution in [2.75, 3.05) is 5.32 Å². The van der Waals surface area contributed by atoms with E-state index in [0.29, 0.717) is 34.1 Å². The fourth-order valence-corrected chi connectivity index (χ4v) is 4.00. The van der Waals surface area contributed by atoms with E-state index in [0.717, 1.165) is 0 Å². The summed E-state index contributed by atoms with van der Waals surface area (Å²) in [5.41, 5.74) is 2.69. The molecule has 0 fully saturated rings. The fraction of sp³-hybridized carbons (Fsp3) is 0.167. The Balaban J connectivity index is 1.76. The summed E-state index contributed by atoms with van der Waals surface area (Å²) in [6, 6.07) is 4.49. The maximum atomic E-state index is 14.6. The Morgan fingerprint density at radius 2 is 2.11 bits per heavy atom. The normalized spacial score (nSPS) is 16.2. The molecule has 3 aromatic heterocycles. The molecule has 1 aliphatic rings. The van der Waals surface area contributed by atoms with E-state index in [4.69, 9.17) is 11.6 Å². The molecule has 0 saturated carbocycles. The van der Waals surface area contributed by atoms with Gasteiger partial charge in [-0.3, -0.25) is 4.79 Å². The number of imidazole rings is 1. The van der Waals surface area contributed by atoms with E-state index < -0.39 is 11.7 Å². The summed E-state index contributed by atoms with van der Waals surface area (Å²) in [6.45, 7) is 1.81. The summed E-state index contributed by atoms with van der Waals surface area (Å²) >= 11 is 6.28. The Bertz CT molecular complexity index is 1230. The number of fused-ring (bicyclic) bond motifs is 2. The van der Waals surface area contributed by atoms with Crippen LogP contribution >= 0.6 is 11.6 Å². The maximum Gasteiger partial charge on any atom is 0.226 e. The van der Waals surface area contributed by atoms with Gasteiger partial charge in [-0.05, 0) is 19.1 Å². The van der Waals surface area contributed by atoms with E-state index >= 15 is 0 Å². The molecular weight excluding hydrogens is 385 g/mol. The van der Waals surface area contributed by atoms with Gasteiger partial charge in [-0.1, -0.05) is 17.7 Å². The summed E-state index contributed by atoms with van der Waals surface area (Å²) in [4.78, 5) is 28.0. The van der Waals surface area contributed by atoms with Gasteiger partial charge < -0.3 is 10.3 Å². The maximum absolute atomic E-state index is 14.6. The molecule has 1 atom stereocenters. The number of hydrogen-bond donors (Lipinski definition) is 2. The Labute approximate surface area is 162 Å². The lowest BCUT2D eigenvalue weighted by Crippen LogP contribution is -2.25. The number of aromatic nitrogens is 6. The van der Waals surface area contributed by atoms with E-state index in [2.05, 4.69) is 30.4 Å². The quantitative estimate of drug-likeness (QED) is 0.541. The molecule has 1 aromatic carbocycles. The van der Waals surface area contributed by atoms with Crippen LogP contribution in [0.3, 0.4) is 0 Å². The molecule has 5 rings (SSSR count). The van der Waals surface area contributed by atoms with Crippen molar-refractivity contribution in [2.45, 2.75) is 19.3 Å². The van der Waals surface area contributed by atoms with Gasteiger partial charge in [-0.25, -0.2) is 19.3 Å². The van der Waals surface area contributed by atoms with Crippen LogP contribution in [0.2, 0.25) is 5.02 Å². The highest BCUT2D eigenvalue weighted by Crippen LogP contribution is 2.43. The van der Waals surface area contributed by atoms with Gasteiger partial charge in [0.1, 0.15) is 23.5 Å². The van der Waals surface area contributed by atoms with Crippen LogP contribution in [0.1, 0.15) is 29.2 Å². The van der Waals surface area contributed by atoms with Crippen LogP contribution in [-0.2, 0) is 4.79 Å². The summed E-state index contributed by atoms with van der Waals surface area (Å²) in [5.74, 6) is -0.387. The number of amides is 1. The first kappa shape index (κ1) is 16.8.